The highest BCUT2D eigenvalue weighted by molar-refractivity contribution is 8.00. The van der Waals surface area contributed by atoms with Crippen molar-refractivity contribution in [2.75, 3.05) is 26.0 Å². The first-order chi connectivity index (χ1) is 10.3. The molecule has 5 nitrogen and oxygen atoms in total. The zero-order chi connectivity index (χ0) is 14.7. The van der Waals surface area contributed by atoms with Crippen LogP contribution in [0.5, 0.6) is 0 Å². The molecule has 1 saturated carbocycles. The van der Waals surface area contributed by atoms with Crippen LogP contribution in [0.15, 0.2) is 12.3 Å². The second-order valence-electron chi connectivity index (χ2n) is 5.72. The van der Waals surface area contributed by atoms with E-state index in [1.807, 2.05) is 24.0 Å². The van der Waals surface area contributed by atoms with Gasteiger partial charge in [-0.05, 0) is 18.9 Å². The summed E-state index contributed by atoms with van der Waals surface area (Å²) >= 11 is 2.04. The van der Waals surface area contributed by atoms with E-state index >= 15 is 0 Å². The van der Waals surface area contributed by atoms with Gasteiger partial charge in [0.05, 0.1) is 13.2 Å². The van der Waals surface area contributed by atoms with Crippen molar-refractivity contribution in [1.29, 1.82) is 0 Å². The molecule has 1 aromatic heterocycles. The highest BCUT2D eigenvalue weighted by Gasteiger charge is 2.37. The Morgan fingerprint density at radius 3 is 3.19 bits per heavy atom. The van der Waals surface area contributed by atoms with E-state index in [1.165, 1.54) is 19.3 Å². The molecule has 1 saturated heterocycles. The first-order valence-electron chi connectivity index (χ1n) is 7.74. The Morgan fingerprint density at radius 1 is 1.48 bits per heavy atom. The average molecular weight is 309 g/mol. The van der Waals surface area contributed by atoms with Gasteiger partial charge in [-0.2, -0.15) is 16.9 Å². The molecule has 2 heterocycles. The Morgan fingerprint density at radius 2 is 2.33 bits per heavy atom. The summed E-state index contributed by atoms with van der Waals surface area (Å²) in [6.07, 6.45) is 6.81. The largest absolute Gasteiger partial charge is 0.383 e. The topological polar surface area (TPSA) is 47.4 Å². The average Bonchev–Trinajstić information content (AvgIpc) is 3.00. The maximum absolute atomic E-state index is 12.8. The number of hydrogen-bond donors (Lipinski definition) is 0. The Labute approximate surface area is 130 Å². The summed E-state index contributed by atoms with van der Waals surface area (Å²) in [6.45, 7) is 2.15. The first-order valence-corrected chi connectivity index (χ1v) is 8.79. The number of carbonyl (C=O) groups is 1. The molecule has 0 N–H and O–H groups in total. The second kappa shape index (κ2) is 6.83. The van der Waals surface area contributed by atoms with Crippen molar-refractivity contribution in [2.24, 2.45) is 0 Å². The van der Waals surface area contributed by atoms with Gasteiger partial charge in [0.25, 0.3) is 5.91 Å². The predicted octanol–water partition coefficient (Wildman–Crippen LogP) is 2.03. The van der Waals surface area contributed by atoms with E-state index in [0.717, 1.165) is 18.7 Å². The number of methoxy groups -OCH3 is 1. The number of thioether (sulfide) groups is 1. The van der Waals surface area contributed by atoms with Crippen molar-refractivity contribution in [3.63, 3.8) is 0 Å². The fourth-order valence-corrected chi connectivity index (χ4v) is 4.72. The van der Waals surface area contributed by atoms with Gasteiger partial charge in [0.1, 0.15) is 5.69 Å². The summed E-state index contributed by atoms with van der Waals surface area (Å²) in [6, 6.07) is 2.24. The molecule has 0 radical (unpaired) electrons. The van der Waals surface area contributed by atoms with E-state index in [9.17, 15) is 4.79 Å². The first kappa shape index (κ1) is 14.9. The van der Waals surface area contributed by atoms with Crippen molar-refractivity contribution in [3.8, 4) is 0 Å². The highest BCUT2D eigenvalue weighted by atomic mass is 32.2. The molecule has 21 heavy (non-hydrogen) atoms. The van der Waals surface area contributed by atoms with E-state index in [1.54, 1.807) is 11.8 Å². The molecule has 1 amide bonds. The van der Waals surface area contributed by atoms with Gasteiger partial charge in [-0.25, -0.2) is 0 Å². The molecular formula is C15H23N3O2S. The van der Waals surface area contributed by atoms with E-state index in [4.69, 9.17) is 4.74 Å². The zero-order valence-electron chi connectivity index (χ0n) is 12.5. The fraction of sp³-hybridized carbons (Fsp3) is 0.733. The van der Waals surface area contributed by atoms with Crippen molar-refractivity contribution in [3.05, 3.63) is 18.0 Å². The molecule has 1 aliphatic heterocycles. The highest BCUT2D eigenvalue weighted by Crippen LogP contribution is 2.35. The zero-order valence-corrected chi connectivity index (χ0v) is 13.3. The number of fused-ring (bicyclic) bond motifs is 1. The monoisotopic (exact) mass is 309 g/mol. The van der Waals surface area contributed by atoms with Crippen LogP contribution in [0, 0.1) is 0 Å². The minimum atomic E-state index is 0.100. The number of carbonyl (C=O) groups excluding carboxylic acids is 1. The lowest BCUT2D eigenvalue weighted by Crippen LogP contribution is -2.51. The van der Waals surface area contributed by atoms with Crippen molar-refractivity contribution in [1.82, 2.24) is 14.7 Å². The maximum atomic E-state index is 12.8. The minimum Gasteiger partial charge on any atom is -0.383 e. The van der Waals surface area contributed by atoms with Gasteiger partial charge in [-0.1, -0.05) is 12.8 Å². The van der Waals surface area contributed by atoms with Gasteiger partial charge in [0.15, 0.2) is 0 Å². The second-order valence-corrected chi connectivity index (χ2v) is 7.06. The molecule has 0 spiro atoms. The van der Waals surface area contributed by atoms with Gasteiger partial charge >= 0.3 is 0 Å². The molecule has 0 unspecified atom stereocenters. The van der Waals surface area contributed by atoms with Gasteiger partial charge in [0.2, 0.25) is 0 Å². The third-order valence-corrected chi connectivity index (χ3v) is 5.77. The Hall–Kier alpha value is -1.01. The summed E-state index contributed by atoms with van der Waals surface area (Å²) in [5, 5.41) is 5.03. The van der Waals surface area contributed by atoms with Crippen molar-refractivity contribution >= 4 is 17.7 Å². The normalized spacial score (nSPS) is 25.7. The van der Waals surface area contributed by atoms with E-state index in [-0.39, 0.29) is 5.91 Å². The number of aromatic nitrogens is 2. The number of hydrogen-bond acceptors (Lipinski definition) is 4. The van der Waals surface area contributed by atoms with Gasteiger partial charge in [0, 0.05) is 36.9 Å². The molecule has 6 heteroatoms. The lowest BCUT2D eigenvalue weighted by molar-refractivity contribution is 0.0639. The molecule has 2 aliphatic rings. The van der Waals surface area contributed by atoms with Crippen LogP contribution in [0.1, 0.15) is 36.2 Å². The molecule has 1 aromatic rings. The summed E-state index contributed by atoms with van der Waals surface area (Å²) < 4.78 is 6.83. The smallest absolute Gasteiger partial charge is 0.274 e. The van der Waals surface area contributed by atoms with Crippen molar-refractivity contribution in [2.45, 2.75) is 43.5 Å². The van der Waals surface area contributed by atoms with Gasteiger partial charge in [-0.15, -0.1) is 0 Å². The molecular weight excluding hydrogens is 286 g/mol. The minimum absolute atomic E-state index is 0.100. The van der Waals surface area contributed by atoms with Crippen LogP contribution in [-0.2, 0) is 11.3 Å². The standard InChI is InChI=1S/C15H23N3O2S/c1-20-10-8-17-7-6-12(16-17)15(19)18-9-11-21-14-5-3-2-4-13(14)18/h6-7,13-14H,2-5,8-11H2,1H3/t13-,14-/m0/s1. The lowest BCUT2D eigenvalue weighted by Gasteiger charge is -2.43. The molecule has 0 bridgehead atoms. The number of amides is 1. The lowest BCUT2D eigenvalue weighted by atomic mass is 9.93. The van der Waals surface area contributed by atoms with Crippen LogP contribution >= 0.6 is 11.8 Å². The van der Waals surface area contributed by atoms with E-state index in [0.29, 0.717) is 30.1 Å². The SMILES string of the molecule is COCCn1ccc(C(=O)N2CCS[C@H]3CCCC[C@@H]32)n1. The third-order valence-electron chi connectivity index (χ3n) is 4.38. The summed E-state index contributed by atoms with van der Waals surface area (Å²) in [7, 11) is 1.67. The number of ether oxygens (including phenoxy) is 1. The molecule has 2 fully saturated rings. The van der Waals surface area contributed by atoms with Gasteiger partial charge in [-0.3, -0.25) is 9.48 Å². The van der Waals surface area contributed by atoms with Gasteiger partial charge < -0.3 is 9.64 Å². The van der Waals surface area contributed by atoms with Crippen LogP contribution < -0.4 is 0 Å². The predicted molar refractivity (Wildman–Crippen MR) is 83.6 cm³/mol. The fourth-order valence-electron chi connectivity index (χ4n) is 3.28. The number of nitrogens with zero attached hydrogens (tertiary/aromatic N) is 3. The van der Waals surface area contributed by atoms with E-state index in [2.05, 4.69) is 10.00 Å². The van der Waals surface area contributed by atoms with Crippen LogP contribution in [0.4, 0.5) is 0 Å². The Balaban J connectivity index is 1.69. The molecule has 2 atom stereocenters. The molecule has 3 rings (SSSR count). The Bertz CT molecular complexity index is 489. The van der Waals surface area contributed by atoms with E-state index < -0.39 is 0 Å². The molecule has 1 aliphatic carbocycles. The third kappa shape index (κ3) is 3.26. The van der Waals surface area contributed by atoms with Crippen LogP contribution in [-0.4, -0.2) is 57.9 Å². The number of rotatable bonds is 4. The summed E-state index contributed by atoms with van der Waals surface area (Å²) in [5.41, 5.74) is 0.572. The molecule has 116 valence electrons. The van der Waals surface area contributed by atoms with Crippen molar-refractivity contribution < 1.29 is 9.53 Å². The van der Waals surface area contributed by atoms with Crippen LogP contribution in [0.25, 0.3) is 0 Å². The summed E-state index contributed by atoms with van der Waals surface area (Å²) in [4.78, 5) is 14.8. The molecule has 0 aromatic carbocycles. The summed E-state index contributed by atoms with van der Waals surface area (Å²) in [5.74, 6) is 1.15. The quantitative estimate of drug-likeness (QED) is 0.854. The van der Waals surface area contributed by atoms with Crippen LogP contribution in [0.3, 0.4) is 0 Å². The Kier molecular flexibility index (Phi) is 4.85. The maximum Gasteiger partial charge on any atom is 0.274 e. The van der Waals surface area contributed by atoms with Crippen LogP contribution in [0.2, 0.25) is 0 Å².